The van der Waals surface area contributed by atoms with Crippen LogP contribution in [0.5, 0.6) is 0 Å². The minimum absolute atomic E-state index is 0.110. The van der Waals surface area contributed by atoms with Crippen molar-refractivity contribution >= 4 is 15.9 Å². The fraction of sp³-hybridized carbons (Fsp3) is 0.688. The standard InChI is InChI=1S/C16H26BrFN4/c1-5-6-13(18)12(7-10(2)17)16(4)8-22-9-20-11(3)14(22)15(19)21-16/h7,9-10,13,15,21H,5-6,8,19H2,1-4H3/b12-7+/t10-,13+,15?,16+/m1/s1. The third-order valence-electron chi connectivity index (χ3n) is 4.25. The van der Waals surface area contributed by atoms with E-state index in [-0.39, 0.29) is 11.0 Å². The van der Waals surface area contributed by atoms with Crippen molar-refractivity contribution in [1.29, 1.82) is 0 Å². The zero-order valence-electron chi connectivity index (χ0n) is 13.7. The van der Waals surface area contributed by atoms with Crippen LogP contribution in [-0.2, 0) is 6.54 Å². The molecule has 1 aromatic heterocycles. The van der Waals surface area contributed by atoms with Crippen LogP contribution in [0, 0.1) is 6.92 Å². The van der Waals surface area contributed by atoms with Crippen molar-refractivity contribution in [1.82, 2.24) is 14.9 Å². The second-order valence-electron chi connectivity index (χ2n) is 6.35. The predicted molar refractivity (Wildman–Crippen MR) is 91.7 cm³/mol. The second kappa shape index (κ2) is 6.81. The molecule has 22 heavy (non-hydrogen) atoms. The maximum absolute atomic E-state index is 14.8. The molecule has 6 heteroatoms. The number of nitrogens with two attached hydrogens (primary N) is 1. The number of rotatable bonds is 5. The van der Waals surface area contributed by atoms with Gasteiger partial charge in [-0.1, -0.05) is 35.4 Å². The molecule has 0 aromatic carbocycles. The topological polar surface area (TPSA) is 55.9 Å². The summed E-state index contributed by atoms with van der Waals surface area (Å²) in [4.78, 5) is 4.45. The molecule has 2 rings (SSSR count). The highest BCUT2D eigenvalue weighted by molar-refractivity contribution is 9.09. The van der Waals surface area contributed by atoms with Crippen LogP contribution in [0.1, 0.15) is 51.2 Å². The van der Waals surface area contributed by atoms with Gasteiger partial charge in [-0.25, -0.2) is 9.37 Å². The van der Waals surface area contributed by atoms with Crippen molar-refractivity contribution in [2.24, 2.45) is 5.73 Å². The Bertz CT molecular complexity index is 554. The molecule has 0 aliphatic carbocycles. The summed E-state index contributed by atoms with van der Waals surface area (Å²) in [6.07, 6.45) is 3.78. The lowest BCUT2D eigenvalue weighted by atomic mass is 9.84. The molecule has 3 N–H and O–H groups in total. The molecule has 0 bridgehead atoms. The largest absolute Gasteiger partial charge is 0.330 e. The summed E-state index contributed by atoms with van der Waals surface area (Å²) in [5.74, 6) is 0. The van der Waals surface area contributed by atoms with E-state index in [4.69, 9.17) is 5.73 Å². The van der Waals surface area contributed by atoms with Crippen LogP contribution in [0.4, 0.5) is 4.39 Å². The fourth-order valence-corrected chi connectivity index (χ4v) is 3.57. The monoisotopic (exact) mass is 372 g/mol. The minimum atomic E-state index is -0.971. The molecule has 0 saturated heterocycles. The van der Waals surface area contributed by atoms with E-state index < -0.39 is 11.7 Å². The first-order valence-corrected chi connectivity index (χ1v) is 8.75. The van der Waals surface area contributed by atoms with Gasteiger partial charge in [0.2, 0.25) is 0 Å². The van der Waals surface area contributed by atoms with Gasteiger partial charge in [0.1, 0.15) is 6.17 Å². The summed E-state index contributed by atoms with van der Waals surface area (Å²) in [5, 5.41) is 3.41. The first-order chi connectivity index (χ1) is 10.3. The number of halogens is 2. The molecule has 1 aromatic rings. The lowest BCUT2D eigenvalue weighted by molar-refractivity contribution is 0.225. The number of imidazole rings is 1. The van der Waals surface area contributed by atoms with Crippen molar-refractivity contribution in [3.63, 3.8) is 0 Å². The van der Waals surface area contributed by atoms with Gasteiger partial charge in [-0.3, -0.25) is 5.32 Å². The van der Waals surface area contributed by atoms with E-state index in [2.05, 4.69) is 26.2 Å². The number of allylic oxidation sites excluding steroid dienone is 1. The third-order valence-corrected chi connectivity index (χ3v) is 4.52. The van der Waals surface area contributed by atoms with Gasteiger partial charge in [-0.2, -0.15) is 0 Å². The molecule has 0 fully saturated rings. The van der Waals surface area contributed by atoms with E-state index in [9.17, 15) is 4.39 Å². The van der Waals surface area contributed by atoms with Crippen LogP contribution in [0.3, 0.4) is 0 Å². The van der Waals surface area contributed by atoms with Crippen molar-refractivity contribution in [3.8, 4) is 0 Å². The molecule has 0 amide bonds. The van der Waals surface area contributed by atoms with Gasteiger partial charge >= 0.3 is 0 Å². The van der Waals surface area contributed by atoms with Crippen molar-refractivity contribution in [2.45, 2.75) is 69.8 Å². The van der Waals surface area contributed by atoms with Gasteiger partial charge in [0, 0.05) is 11.4 Å². The van der Waals surface area contributed by atoms with Crippen LogP contribution in [0.2, 0.25) is 0 Å². The number of fused-ring (bicyclic) bond motifs is 1. The normalized spacial score (nSPS) is 28.3. The summed E-state index contributed by atoms with van der Waals surface area (Å²) in [7, 11) is 0. The van der Waals surface area contributed by atoms with E-state index in [1.54, 1.807) is 6.33 Å². The summed E-state index contributed by atoms with van der Waals surface area (Å²) in [5.41, 5.74) is 8.43. The Hall–Kier alpha value is -0.720. The molecule has 4 atom stereocenters. The molecule has 1 aliphatic heterocycles. The lowest BCUT2D eigenvalue weighted by Crippen LogP contribution is -2.57. The van der Waals surface area contributed by atoms with Gasteiger partial charge in [-0.05, 0) is 32.8 Å². The van der Waals surface area contributed by atoms with Gasteiger partial charge in [0.15, 0.2) is 0 Å². The molecule has 0 spiro atoms. The zero-order chi connectivity index (χ0) is 16.5. The molecule has 1 aliphatic rings. The van der Waals surface area contributed by atoms with Gasteiger partial charge in [0.25, 0.3) is 0 Å². The molecule has 0 radical (unpaired) electrons. The maximum atomic E-state index is 14.8. The summed E-state index contributed by atoms with van der Waals surface area (Å²) >= 11 is 3.51. The Labute approximate surface area is 140 Å². The number of hydrogen-bond donors (Lipinski definition) is 2. The molecule has 0 saturated carbocycles. The maximum Gasteiger partial charge on any atom is 0.123 e. The first-order valence-electron chi connectivity index (χ1n) is 7.83. The highest BCUT2D eigenvalue weighted by Crippen LogP contribution is 2.34. The number of nitrogens with one attached hydrogen (secondary N) is 1. The second-order valence-corrected chi connectivity index (χ2v) is 7.80. The lowest BCUT2D eigenvalue weighted by Gasteiger charge is -2.42. The van der Waals surface area contributed by atoms with E-state index in [1.165, 1.54) is 0 Å². The van der Waals surface area contributed by atoms with E-state index in [0.717, 1.165) is 23.4 Å². The predicted octanol–water partition coefficient (Wildman–Crippen LogP) is 3.36. The van der Waals surface area contributed by atoms with Crippen LogP contribution in [-0.4, -0.2) is 26.1 Å². The van der Waals surface area contributed by atoms with Crippen molar-refractivity contribution in [3.05, 3.63) is 29.4 Å². The van der Waals surface area contributed by atoms with Crippen LogP contribution >= 0.6 is 15.9 Å². The quantitative estimate of drug-likeness (QED) is 0.615. The Kier molecular flexibility index (Phi) is 5.45. The molecule has 1 unspecified atom stereocenters. The molecule has 124 valence electrons. The Morgan fingerprint density at radius 1 is 1.73 bits per heavy atom. The average molecular weight is 373 g/mol. The smallest absolute Gasteiger partial charge is 0.123 e. The van der Waals surface area contributed by atoms with Gasteiger partial charge < -0.3 is 10.3 Å². The Morgan fingerprint density at radius 3 is 3.00 bits per heavy atom. The minimum Gasteiger partial charge on any atom is -0.330 e. The highest BCUT2D eigenvalue weighted by Gasteiger charge is 2.40. The molecular weight excluding hydrogens is 347 g/mol. The molecular formula is C16H26BrFN4. The van der Waals surface area contributed by atoms with Crippen LogP contribution < -0.4 is 11.1 Å². The first kappa shape index (κ1) is 17.6. The Balaban J connectivity index is 2.39. The highest BCUT2D eigenvalue weighted by atomic mass is 79.9. The Morgan fingerprint density at radius 2 is 2.41 bits per heavy atom. The fourth-order valence-electron chi connectivity index (χ4n) is 3.29. The number of hydrogen-bond acceptors (Lipinski definition) is 3. The third kappa shape index (κ3) is 3.44. The van der Waals surface area contributed by atoms with Crippen LogP contribution in [0.15, 0.2) is 18.0 Å². The molecule has 2 heterocycles. The van der Waals surface area contributed by atoms with Crippen LogP contribution in [0.25, 0.3) is 0 Å². The van der Waals surface area contributed by atoms with Gasteiger partial charge in [-0.15, -0.1) is 0 Å². The average Bonchev–Trinajstić information content (AvgIpc) is 2.77. The number of aromatic nitrogens is 2. The van der Waals surface area contributed by atoms with E-state index in [0.29, 0.717) is 13.0 Å². The summed E-state index contributed by atoms with van der Waals surface area (Å²) in [6.45, 7) is 8.60. The van der Waals surface area contributed by atoms with E-state index >= 15 is 0 Å². The summed E-state index contributed by atoms with van der Waals surface area (Å²) < 4.78 is 16.8. The molecule has 4 nitrogen and oxygen atoms in total. The SMILES string of the molecule is CCC[C@H](F)/C(=C\[C@@H](C)Br)[C@]1(C)Cn2cnc(C)c2C(N)N1. The van der Waals surface area contributed by atoms with Gasteiger partial charge in [0.05, 0.1) is 29.4 Å². The van der Waals surface area contributed by atoms with Crippen molar-refractivity contribution < 1.29 is 4.39 Å². The zero-order valence-corrected chi connectivity index (χ0v) is 15.3. The number of nitrogens with zero attached hydrogens (tertiary/aromatic N) is 2. The number of alkyl halides is 2. The summed E-state index contributed by atoms with van der Waals surface area (Å²) in [6, 6.07) is 0. The number of aryl methyl sites for hydroxylation is 1. The van der Waals surface area contributed by atoms with E-state index in [1.807, 2.05) is 38.3 Å². The van der Waals surface area contributed by atoms with Crippen molar-refractivity contribution in [2.75, 3.05) is 0 Å².